The van der Waals surface area contributed by atoms with Gasteiger partial charge in [0.05, 0.1) is 23.0 Å². The molecular formula is C30H28N7O2+. The van der Waals surface area contributed by atoms with Crippen molar-refractivity contribution in [3.63, 3.8) is 0 Å². The van der Waals surface area contributed by atoms with Gasteiger partial charge in [-0.3, -0.25) is 15.6 Å². The van der Waals surface area contributed by atoms with E-state index in [1.165, 1.54) is 11.1 Å². The second-order valence-electron chi connectivity index (χ2n) is 9.81. The zero-order valence-electron chi connectivity index (χ0n) is 21.4. The minimum Gasteiger partial charge on any atom is -0.398 e. The fourth-order valence-corrected chi connectivity index (χ4v) is 5.47. The lowest BCUT2D eigenvalue weighted by Crippen LogP contribution is -2.53. The zero-order valence-corrected chi connectivity index (χ0v) is 21.4. The Morgan fingerprint density at radius 1 is 1.10 bits per heavy atom. The van der Waals surface area contributed by atoms with Gasteiger partial charge in [-0.1, -0.05) is 46.6 Å². The van der Waals surface area contributed by atoms with E-state index < -0.39 is 5.91 Å². The Hall–Kier alpha value is -5.18. The van der Waals surface area contributed by atoms with Crippen LogP contribution in [0.15, 0.2) is 90.4 Å². The van der Waals surface area contributed by atoms with Gasteiger partial charge in [0.15, 0.2) is 5.69 Å². The molecular weight excluding hydrogens is 490 g/mol. The highest BCUT2D eigenvalue weighted by molar-refractivity contribution is 6.08. The van der Waals surface area contributed by atoms with Crippen LogP contribution in [0, 0.1) is 6.92 Å². The Kier molecular flexibility index (Phi) is 5.76. The number of rotatable bonds is 5. The van der Waals surface area contributed by atoms with Crippen molar-refractivity contribution in [3.05, 3.63) is 118 Å². The van der Waals surface area contributed by atoms with Crippen LogP contribution in [0.1, 0.15) is 27.9 Å². The Morgan fingerprint density at radius 2 is 1.85 bits per heavy atom. The van der Waals surface area contributed by atoms with E-state index in [-0.39, 0.29) is 23.3 Å². The molecule has 194 valence electrons. The van der Waals surface area contributed by atoms with Gasteiger partial charge in [0.25, 0.3) is 5.91 Å². The van der Waals surface area contributed by atoms with Crippen molar-refractivity contribution in [2.45, 2.75) is 25.9 Å². The largest absolute Gasteiger partial charge is 0.426 e. The lowest BCUT2D eigenvalue weighted by molar-refractivity contribution is -0.890. The number of aromatic amines is 1. The fraction of sp³-hybridized carbons (Fsp3) is 0.133. The van der Waals surface area contributed by atoms with Crippen LogP contribution in [0.4, 0.5) is 5.95 Å². The average molecular weight is 519 g/mol. The Bertz CT molecular complexity index is 1750. The quantitative estimate of drug-likeness (QED) is 0.298. The van der Waals surface area contributed by atoms with Crippen LogP contribution >= 0.6 is 0 Å². The molecule has 9 nitrogen and oxygen atoms in total. The van der Waals surface area contributed by atoms with Crippen molar-refractivity contribution in [2.75, 3.05) is 5.73 Å². The van der Waals surface area contributed by atoms with Crippen LogP contribution < -0.4 is 26.8 Å². The van der Waals surface area contributed by atoms with Crippen LogP contribution in [0.25, 0.3) is 22.0 Å². The number of anilines is 1. The number of allylic oxidation sites excluding steroid dienone is 4. The lowest BCUT2D eigenvalue weighted by Gasteiger charge is -2.16. The van der Waals surface area contributed by atoms with E-state index in [1.807, 2.05) is 43.3 Å². The fourth-order valence-electron chi connectivity index (χ4n) is 5.47. The highest BCUT2D eigenvalue weighted by Crippen LogP contribution is 2.37. The number of fused-ring (bicyclic) bond motifs is 2. The van der Waals surface area contributed by atoms with Crippen LogP contribution in [0.3, 0.4) is 0 Å². The molecule has 1 amide bonds. The third-order valence-electron chi connectivity index (χ3n) is 7.29. The summed E-state index contributed by atoms with van der Waals surface area (Å²) in [5.41, 5.74) is 26.7. The van der Waals surface area contributed by atoms with Crippen LogP contribution in [0.2, 0.25) is 0 Å². The second kappa shape index (κ2) is 9.29. The summed E-state index contributed by atoms with van der Waals surface area (Å²) in [6, 6.07) is 14.0. The average Bonchev–Trinajstić information content (AvgIpc) is 3.51. The number of nitrogen functional groups attached to an aromatic ring is 1. The summed E-state index contributed by atoms with van der Waals surface area (Å²) >= 11 is 0. The number of hydrogen-bond acceptors (Lipinski definition) is 6. The number of amides is 1. The molecule has 2 aliphatic rings. The maximum absolute atomic E-state index is 12.6. The van der Waals surface area contributed by atoms with Gasteiger partial charge >= 0.3 is 5.95 Å². The van der Waals surface area contributed by atoms with Gasteiger partial charge in [-0.2, -0.15) is 5.10 Å². The first-order chi connectivity index (χ1) is 18.8. The normalized spacial score (nSPS) is 15.7. The number of carbonyl (C=O) groups excluding carboxylic acids is 1. The Labute approximate surface area is 224 Å². The van der Waals surface area contributed by atoms with E-state index in [4.69, 9.17) is 22.0 Å². The van der Waals surface area contributed by atoms with Gasteiger partial charge in [-0.25, -0.2) is 0 Å². The molecule has 6 rings (SSSR count). The van der Waals surface area contributed by atoms with E-state index in [2.05, 4.69) is 33.9 Å². The first-order valence-electron chi connectivity index (χ1n) is 12.6. The molecule has 0 atom stereocenters. The molecule has 0 fully saturated rings. The maximum atomic E-state index is 12.6. The van der Waals surface area contributed by atoms with Gasteiger partial charge < -0.3 is 16.3 Å². The SMILES string of the molecule is C=C1C=C(c2ccnc(N)[n+]2OC2Cc3ccccc3C2)C=C(c2c(C)ccc3[nH]ncc23)C(N)=C1C(N)=O. The van der Waals surface area contributed by atoms with Gasteiger partial charge in [0.2, 0.25) is 0 Å². The number of carbonyl (C=O) groups is 1. The third kappa shape index (κ3) is 4.14. The number of aryl methyl sites for hydroxylation is 1. The molecule has 0 bridgehead atoms. The van der Waals surface area contributed by atoms with Crippen molar-refractivity contribution in [3.8, 4) is 0 Å². The van der Waals surface area contributed by atoms with Gasteiger partial charge in [0, 0.05) is 35.4 Å². The highest BCUT2D eigenvalue weighted by atomic mass is 16.7. The van der Waals surface area contributed by atoms with Crippen LogP contribution in [0.5, 0.6) is 0 Å². The summed E-state index contributed by atoms with van der Waals surface area (Å²) in [5.74, 6) is -0.474. The molecule has 0 radical (unpaired) electrons. The van der Waals surface area contributed by atoms with Crippen LogP contribution in [-0.4, -0.2) is 27.2 Å². The molecule has 9 heteroatoms. The molecule has 0 saturated carbocycles. The summed E-state index contributed by atoms with van der Waals surface area (Å²) in [5, 5.41) is 8.07. The molecule has 0 aliphatic heterocycles. The van der Waals surface area contributed by atoms with Crippen molar-refractivity contribution in [2.24, 2.45) is 11.5 Å². The van der Waals surface area contributed by atoms with Gasteiger partial charge in [-0.15, -0.1) is 0 Å². The predicted octanol–water partition coefficient (Wildman–Crippen LogP) is 2.47. The van der Waals surface area contributed by atoms with E-state index in [1.54, 1.807) is 23.2 Å². The molecule has 2 aromatic carbocycles. The minimum absolute atomic E-state index is 0.123. The van der Waals surface area contributed by atoms with Crippen LogP contribution in [-0.2, 0) is 17.6 Å². The highest BCUT2D eigenvalue weighted by Gasteiger charge is 2.29. The first-order valence-corrected chi connectivity index (χ1v) is 12.6. The molecule has 2 aromatic heterocycles. The maximum Gasteiger partial charge on any atom is 0.426 e. The number of hydrogen-bond donors (Lipinski definition) is 4. The van der Waals surface area contributed by atoms with Crippen molar-refractivity contribution < 1.29 is 14.4 Å². The Morgan fingerprint density at radius 3 is 2.56 bits per heavy atom. The van der Waals surface area contributed by atoms with Crippen molar-refractivity contribution >= 4 is 33.9 Å². The summed E-state index contributed by atoms with van der Waals surface area (Å²) in [6.07, 6.45) is 8.42. The smallest absolute Gasteiger partial charge is 0.398 e. The number of nitrogens with two attached hydrogens (primary N) is 3. The molecule has 0 saturated heterocycles. The predicted molar refractivity (Wildman–Crippen MR) is 149 cm³/mol. The second-order valence-corrected chi connectivity index (χ2v) is 9.81. The summed E-state index contributed by atoms with van der Waals surface area (Å²) < 4.78 is 1.54. The van der Waals surface area contributed by atoms with Gasteiger partial charge in [-0.05, 0) is 53.0 Å². The summed E-state index contributed by atoms with van der Waals surface area (Å²) in [7, 11) is 0. The molecule has 7 N–H and O–H groups in total. The monoisotopic (exact) mass is 518 g/mol. The summed E-state index contributed by atoms with van der Waals surface area (Å²) in [6.45, 7) is 6.11. The number of benzene rings is 2. The van der Waals surface area contributed by atoms with E-state index in [0.29, 0.717) is 22.4 Å². The lowest BCUT2D eigenvalue weighted by atomic mass is 9.91. The van der Waals surface area contributed by atoms with E-state index in [9.17, 15) is 4.79 Å². The van der Waals surface area contributed by atoms with E-state index in [0.717, 1.165) is 34.9 Å². The molecule has 39 heavy (non-hydrogen) atoms. The first kappa shape index (κ1) is 24.2. The topological polar surface area (TPSA) is 150 Å². The van der Waals surface area contributed by atoms with E-state index >= 15 is 0 Å². The number of primary amides is 1. The van der Waals surface area contributed by atoms with Crippen molar-refractivity contribution in [1.29, 1.82) is 0 Å². The number of aromatic nitrogens is 4. The molecule has 2 heterocycles. The molecule has 0 spiro atoms. The summed E-state index contributed by atoms with van der Waals surface area (Å²) in [4.78, 5) is 23.3. The van der Waals surface area contributed by atoms with Gasteiger partial charge in [0.1, 0.15) is 12.3 Å². The molecule has 4 aromatic rings. The number of nitrogens with zero attached hydrogens (tertiary/aromatic N) is 3. The zero-order chi connectivity index (χ0) is 27.3. The standard InChI is InChI=1S/C30H27N7O2/c1-16-7-8-24-23(15-35-36-24)26(16)22-14-20(11-17(2)27(28(22)31)29(32)38)25-9-10-34-30(33)37(25)39-21-12-18-5-3-4-6-19(18)13-21/h3-11,14-15,21,33H,2,12-13H2,1H3,(H5,31,32,35,36,38)/p+1. The Balaban J connectivity index is 1.51. The minimum atomic E-state index is -0.667. The molecule has 2 aliphatic carbocycles. The third-order valence-corrected chi connectivity index (χ3v) is 7.29. The number of nitrogens with one attached hydrogen (secondary N) is 1. The number of H-pyrrole nitrogens is 1. The van der Waals surface area contributed by atoms with Crippen molar-refractivity contribution in [1.82, 2.24) is 15.2 Å². The molecule has 0 unspecified atom stereocenters.